The lowest BCUT2D eigenvalue weighted by atomic mass is 10.1. The molecule has 1 unspecified atom stereocenters. The molecule has 11 heteroatoms. The van der Waals surface area contributed by atoms with Crippen molar-refractivity contribution in [1.82, 2.24) is 9.97 Å². The standard InChI is InChI=1S/C23H17ClF3N5OS/c24-14-8-9-16-15(11-14)20(13-5-2-1-3-6-13)31-22(29-16)32-21(28)30-19(23(25,26)27)12-17(33)18-7-4-10-34-18/h1-12,19,33H,(H3,28,29,30,31,32). The summed E-state index contributed by atoms with van der Waals surface area (Å²) >= 11 is 7.24. The Morgan fingerprint density at radius 1 is 1.12 bits per heavy atom. The van der Waals surface area contributed by atoms with Gasteiger partial charge in [0.15, 0.2) is 12.0 Å². The topological polar surface area (TPSA) is 96.4 Å². The molecule has 2 aromatic heterocycles. The highest BCUT2D eigenvalue weighted by molar-refractivity contribution is 7.11. The second kappa shape index (κ2) is 9.70. The Kier molecular flexibility index (Phi) is 6.71. The van der Waals surface area contributed by atoms with Gasteiger partial charge in [-0.15, -0.1) is 11.3 Å². The summed E-state index contributed by atoms with van der Waals surface area (Å²) in [6.45, 7) is 0. The first-order chi connectivity index (χ1) is 16.2. The maximum Gasteiger partial charge on any atom is 0.414 e. The Morgan fingerprint density at radius 3 is 2.56 bits per heavy atom. The third-order valence-corrected chi connectivity index (χ3v) is 5.78. The summed E-state index contributed by atoms with van der Waals surface area (Å²) in [5, 5.41) is 15.4. The quantitative estimate of drug-likeness (QED) is 0.169. The number of nitrogens with one attached hydrogen (secondary N) is 1. The number of anilines is 1. The highest BCUT2D eigenvalue weighted by Gasteiger charge is 2.39. The lowest BCUT2D eigenvalue weighted by Gasteiger charge is -2.15. The monoisotopic (exact) mass is 503 g/mol. The normalized spacial score (nSPS) is 13.8. The largest absolute Gasteiger partial charge is 0.507 e. The number of hydrogen-bond donors (Lipinski definition) is 3. The summed E-state index contributed by atoms with van der Waals surface area (Å²) in [6.07, 6.45) is -4.19. The van der Waals surface area contributed by atoms with E-state index in [1.165, 1.54) is 6.07 Å². The van der Waals surface area contributed by atoms with Crippen molar-refractivity contribution in [3.8, 4) is 11.3 Å². The van der Waals surface area contributed by atoms with Crippen molar-refractivity contribution in [3.05, 3.63) is 82.0 Å². The van der Waals surface area contributed by atoms with Gasteiger partial charge in [-0.05, 0) is 35.7 Å². The number of nitrogens with two attached hydrogens (primary N) is 1. The van der Waals surface area contributed by atoms with Gasteiger partial charge in [0.05, 0.1) is 16.1 Å². The van der Waals surface area contributed by atoms with E-state index in [0.717, 1.165) is 16.9 Å². The first kappa shape index (κ1) is 23.5. The first-order valence-corrected chi connectivity index (χ1v) is 11.1. The fourth-order valence-corrected chi connectivity index (χ4v) is 3.95. The molecule has 6 nitrogen and oxygen atoms in total. The van der Waals surface area contributed by atoms with Crippen LogP contribution in [0.15, 0.2) is 77.1 Å². The van der Waals surface area contributed by atoms with E-state index in [1.807, 2.05) is 30.3 Å². The Morgan fingerprint density at radius 2 is 1.88 bits per heavy atom. The molecule has 0 saturated carbocycles. The van der Waals surface area contributed by atoms with E-state index in [1.54, 1.807) is 29.6 Å². The average molecular weight is 504 g/mol. The number of aromatic nitrogens is 2. The molecule has 0 aliphatic rings. The van der Waals surface area contributed by atoms with Crippen molar-refractivity contribution in [1.29, 1.82) is 0 Å². The minimum absolute atomic E-state index is 0.0395. The Bertz CT molecular complexity index is 1360. The van der Waals surface area contributed by atoms with Gasteiger partial charge in [0, 0.05) is 16.0 Å². The fraction of sp³-hybridized carbons (Fsp3) is 0.0870. The number of hydrogen-bond acceptors (Lipinski definition) is 5. The van der Waals surface area contributed by atoms with Crippen molar-refractivity contribution in [2.75, 3.05) is 5.32 Å². The van der Waals surface area contributed by atoms with E-state index in [-0.39, 0.29) is 10.8 Å². The molecule has 4 N–H and O–H groups in total. The van der Waals surface area contributed by atoms with Crippen molar-refractivity contribution in [3.63, 3.8) is 0 Å². The van der Waals surface area contributed by atoms with E-state index in [2.05, 4.69) is 20.3 Å². The summed E-state index contributed by atoms with van der Waals surface area (Å²) in [7, 11) is 0. The van der Waals surface area contributed by atoms with Gasteiger partial charge in [-0.3, -0.25) is 5.32 Å². The number of nitrogens with zero attached hydrogens (tertiary/aromatic N) is 3. The predicted octanol–water partition coefficient (Wildman–Crippen LogP) is 6.27. The number of aliphatic hydroxyl groups excluding tert-OH is 1. The highest BCUT2D eigenvalue weighted by Crippen LogP contribution is 2.30. The molecule has 2 aromatic carbocycles. The van der Waals surface area contributed by atoms with E-state index < -0.39 is 23.9 Å². The molecule has 0 bridgehead atoms. The van der Waals surface area contributed by atoms with Crippen molar-refractivity contribution in [2.24, 2.45) is 10.7 Å². The van der Waals surface area contributed by atoms with Crippen LogP contribution in [0.3, 0.4) is 0 Å². The second-order valence-corrected chi connectivity index (χ2v) is 8.46. The van der Waals surface area contributed by atoms with Crippen LogP contribution < -0.4 is 11.1 Å². The molecule has 0 amide bonds. The highest BCUT2D eigenvalue weighted by atomic mass is 35.5. The van der Waals surface area contributed by atoms with Gasteiger partial charge in [-0.25, -0.2) is 15.0 Å². The molecule has 0 fully saturated rings. The van der Waals surface area contributed by atoms with E-state index in [9.17, 15) is 18.3 Å². The molecule has 2 heterocycles. The van der Waals surface area contributed by atoms with Crippen molar-refractivity contribution < 1.29 is 18.3 Å². The number of aliphatic hydroxyl groups is 1. The van der Waals surface area contributed by atoms with Crippen LogP contribution in [0, 0.1) is 0 Å². The van der Waals surface area contributed by atoms with Crippen LogP contribution in [0.25, 0.3) is 27.9 Å². The van der Waals surface area contributed by atoms with E-state index in [4.69, 9.17) is 17.3 Å². The summed E-state index contributed by atoms with van der Waals surface area (Å²) in [4.78, 5) is 12.6. The Labute approximate surface area is 201 Å². The van der Waals surface area contributed by atoms with Crippen LogP contribution in [0.1, 0.15) is 4.88 Å². The number of halogens is 4. The number of fused-ring (bicyclic) bond motifs is 1. The SMILES string of the molecule is NC(=NC(C=C(O)c1cccs1)C(F)(F)F)Nc1nc(-c2ccccc2)c2cc(Cl)ccc2n1. The Balaban J connectivity index is 1.71. The fourth-order valence-electron chi connectivity index (χ4n) is 3.13. The molecule has 0 radical (unpaired) electrons. The van der Waals surface area contributed by atoms with Crippen LogP contribution >= 0.6 is 22.9 Å². The molecule has 4 aromatic rings. The number of benzene rings is 2. The van der Waals surface area contributed by atoms with Gasteiger partial charge in [0.25, 0.3) is 0 Å². The molecule has 1 atom stereocenters. The van der Waals surface area contributed by atoms with Crippen LogP contribution in [-0.4, -0.2) is 33.3 Å². The molecule has 174 valence electrons. The summed E-state index contributed by atoms with van der Waals surface area (Å²) in [6, 6.07) is 14.9. The molecular weight excluding hydrogens is 487 g/mol. The van der Waals surface area contributed by atoms with Gasteiger partial charge >= 0.3 is 6.18 Å². The average Bonchev–Trinajstić information content (AvgIpc) is 3.33. The van der Waals surface area contributed by atoms with E-state index >= 15 is 0 Å². The van der Waals surface area contributed by atoms with Gasteiger partial charge in [0.1, 0.15) is 5.76 Å². The lowest BCUT2D eigenvalue weighted by molar-refractivity contribution is -0.136. The van der Waals surface area contributed by atoms with E-state index in [0.29, 0.717) is 27.7 Å². The Hall–Kier alpha value is -3.63. The zero-order valence-corrected chi connectivity index (χ0v) is 18.9. The lowest BCUT2D eigenvalue weighted by Crippen LogP contribution is -2.32. The molecule has 34 heavy (non-hydrogen) atoms. The predicted molar refractivity (Wildman–Crippen MR) is 130 cm³/mol. The zero-order chi connectivity index (χ0) is 24.3. The summed E-state index contributed by atoms with van der Waals surface area (Å²) in [5.74, 6) is -1.15. The molecular formula is C23H17ClF3N5OS. The van der Waals surface area contributed by atoms with Crippen LogP contribution in [0.4, 0.5) is 19.1 Å². The second-order valence-electron chi connectivity index (χ2n) is 7.08. The van der Waals surface area contributed by atoms with Gasteiger partial charge in [0.2, 0.25) is 5.95 Å². The van der Waals surface area contributed by atoms with Crippen LogP contribution in [0.2, 0.25) is 5.02 Å². The number of guanidine groups is 1. The van der Waals surface area contributed by atoms with Crippen molar-refractivity contribution >= 4 is 51.5 Å². The molecule has 4 rings (SSSR count). The molecule has 0 saturated heterocycles. The van der Waals surface area contributed by atoms with Crippen LogP contribution in [-0.2, 0) is 0 Å². The number of thiophene rings is 1. The molecule has 0 spiro atoms. The van der Waals surface area contributed by atoms with Crippen molar-refractivity contribution in [2.45, 2.75) is 12.2 Å². The minimum atomic E-state index is -4.78. The molecule has 0 aliphatic carbocycles. The maximum absolute atomic E-state index is 13.6. The molecule has 0 aliphatic heterocycles. The smallest absolute Gasteiger partial charge is 0.414 e. The first-order valence-electron chi connectivity index (χ1n) is 9.85. The van der Waals surface area contributed by atoms with Gasteiger partial charge < -0.3 is 10.8 Å². The third-order valence-electron chi connectivity index (χ3n) is 4.65. The number of aliphatic imine (C=N–C) groups is 1. The minimum Gasteiger partial charge on any atom is -0.507 e. The van der Waals surface area contributed by atoms with Gasteiger partial charge in [-0.2, -0.15) is 13.2 Å². The maximum atomic E-state index is 13.6. The number of rotatable bonds is 5. The van der Waals surface area contributed by atoms with Gasteiger partial charge in [-0.1, -0.05) is 48.0 Å². The number of alkyl halides is 3. The zero-order valence-electron chi connectivity index (χ0n) is 17.3. The third kappa shape index (κ3) is 5.46. The van der Waals surface area contributed by atoms with Crippen LogP contribution in [0.5, 0.6) is 0 Å². The summed E-state index contributed by atoms with van der Waals surface area (Å²) < 4.78 is 40.7. The summed E-state index contributed by atoms with van der Waals surface area (Å²) in [5.41, 5.74) is 7.57.